The fourth-order valence-corrected chi connectivity index (χ4v) is 3.35. The first kappa shape index (κ1) is 17.9. The van der Waals surface area contributed by atoms with Crippen molar-refractivity contribution in [2.24, 2.45) is 0 Å². The van der Waals surface area contributed by atoms with Crippen molar-refractivity contribution in [3.05, 3.63) is 84.3 Å². The molecule has 28 heavy (non-hydrogen) atoms. The number of para-hydroxylation sites is 2. The summed E-state index contributed by atoms with van der Waals surface area (Å²) < 4.78 is 5.13. The summed E-state index contributed by atoms with van der Waals surface area (Å²) in [7, 11) is 0. The number of hydrogen-bond acceptors (Lipinski definition) is 4. The predicted molar refractivity (Wildman–Crippen MR) is 108 cm³/mol. The van der Waals surface area contributed by atoms with E-state index < -0.39 is 0 Å². The van der Waals surface area contributed by atoms with Gasteiger partial charge in [-0.05, 0) is 36.4 Å². The van der Waals surface area contributed by atoms with Gasteiger partial charge in [0, 0.05) is 31.9 Å². The number of nitrogens with one attached hydrogen (secondary N) is 1. The molecule has 1 aliphatic rings. The van der Waals surface area contributed by atoms with Crippen LogP contribution in [0.25, 0.3) is 0 Å². The van der Waals surface area contributed by atoms with Crippen LogP contribution in [0, 0.1) is 0 Å². The molecule has 0 unspecified atom stereocenters. The number of piperazine rings is 1. The molecular formula is C22H21N3O3. The first-order valence-electron chi connectivity index (χ1n) is 9.25. The van der Waals surface area contributed by atoms with Crippen molar-refractivity contribution in [3.8, 4) is 0 Å². The third kappa shape index (κ3) is 3.76. The first-order chi connectivity index (χ1) is 13.7. The highest BCUT2D eigenvalue weighted by molar-refractivity contribution is 6.07. The van der Waals surface area contributed by atoms with Crippen molar-refractivity contribution in [3.63, 3.8) is 0 Å². The van der Waals surface area contributed by atoms with E-state index in [9.17, 15) is 9.59 Å². The van der Waals surface area contributed by atoms with Crippen LogP contribution in [0.15, 0.2) is 77.4 Å². The number of carbonyl (C=O) groups is 2. The van der Waals surface area contributed by atoms with Gasteiger partial charge in [-0.2, -0.15) is 0 Å². The molecule has 6 nitrogen and oxygen atoms in total. The minimum atomic E-state index is -0.376. The number of furan rings is 1. The minimum absolute atomic E-state index is 0.0805. The molecule has 2 aromatic carbocycles. The largest absolute Gasteiger partial charge is 0.459 e. The van der Waals surface area contributed by atoms with E-state index in [1.54, 1.807) is 36.4 Å². The summed E-state index contributed by atoms with van der Waals surface area (Å²) in [6, 6.07) is 20.5. The minimum Gasteiger partial charge on any atom is -0.459 e. The van der Waals surface area contributed by atoms with E-state index in [2.05, 4.69) is 22.3 Å². The molecular weight excluding hydrogens is 354 g/mol. The number of amides is 2. The summed E-state index contributed by atoms with van der Waals surface area (Å²) in [5.74, 6) is -0.249. The Morgan fingerprint density at radius 1 is 0.821 bits per heavy atom. The molecule has 0 aliphatic carbocycles. The lowest BCUT2D eigenvalue weighted by Crippen LogP contribution is -2.48. The second-order valence-electron chi connectivity index (χ2n) is 6.59. The molecule has 0 bridgehead atoms. The second-order valence-corrected chi connectivity index (χ2v) is 6.59. The first-order valence-corrected chi connectivity index (χ1v) is 9.25. The quantitative estimate of drug-likeness (QED) is 0.758. The van der Waals surface area contributed by atoms with Gasteiger partial charge < -0.3 is 19.5 Å². The molecule has 1 aromatic heterocycles. The molecule has 0 saturated carbocycles. The van der Waals surface area contributed by atoms with E-state index in [1.807, 2.05) is 23.1 Å². The average molecular weight is 375 g/mol. The summed E-state index contributed by atoms with van der Waals surface area (Å²) in [5.41, 5.74) is 2.13. The van der Waals surface area contributed by atoms with Gasteiger partial charge in [-0.15, -0.1) is 0 Å². The summed E-state index contributed by atoms with van der Waals surface area (Å²) in [6.07, 6.45) is 1.44. The molecule has 0 spiro atoms. The number of anilines is 2. The maximum Gasteiger partial charge on any atom is 0.291 e. The number of benzene rings is 2. The number of nitrogens with zero attached hydrogens (tertiary/aromatic N) is 2. The van der Waals surface area contributed by atoms with Crippen LogP contribution in [0.2, 0.25) is 0 Å². The van der Waals surface area contributed by atoms with Gasteiger partial charge in [0.1, 0.15) is 0 Å². The molecule has 1 aliphatic heterocycles. The smallest absolute Gasteiger partial charge is 0.291 e. The lowest BCUT2D eigenvalue weighted by atomic mass is 10.1. The van der Waals surface area contributed by atoms with Crippen molar-refractivity contribution in [1.82, 2.24) is 4.90 Å². The fourth-order valence-electron chi connectivity index (χ4n) is 3.35. The molecule has 0 atom stereocenters. The Labute approximate surface area is 163 Å². The zero-order chi connectivity index (χ0) is 19.3. The molecule has 2 heterocycles. The van der Waals surface area contributed by atoms with Crippen LogP contribution in [0.1, 0.15) is 20.9 Å². The average Bonchev–Trinajstić information content (AvgIpc) is 3.30. The Morgan fingerprint density at radius 2 is 1.54 bits per heavy atom. The molecule has 0 radical (unpaired) electrons. The van der Waals surface area contributed by atoms with Crippen molar-refractivity contribution < 1.29 is 14.0 Å². The van der Waals surface area contributed by atoms with Crippen LogP contribution in [-0.2, 0) is 0 Å². The molecule has 1 saturated heterocycles. The van der Waals surface area contributed by atoms with Crippen molar-refractivity contribution in [2.75, 3.05) is 36.4 Å². The number of hydrogen-bond donors (Lipinski definition) is 1. The van der Waals surface area contributed by atoms with Gasteiger partial charge in [0.15, 0.2) is 5.76 Å². The van der Waals surface area contributed by atoms with Gasteiger partial charge in [0.25, 0.3) is 11.8 Å². The monoisotopic (exact) mass is 375 g/mol. The van der Waals surface area contributed by atoms with Crippen molar-refractivity contribution >= 4 is 23.2 Å². The van der Waals surface area contributed by atoms with Gasteiger partial charge in [-0.1, -0.05) is 30.3 Å². The maximum absolute atomic E-state index is 13.1. The third-order valence-corrected chi connectivity index (χ3v) is 4.84. The van der Waals surface area contributed by atoms with Crippen LogP contribution in [0.3, 0.4) is 0 Å². The maximum atomic E-state index is 13.1. The van der Waals surface area contributed by atoms with Gasteiger partial charge in [-0.25, -0.2) is 0 Å². The summed E-state index contributed by atoms with van der Waals surface area (Å²) in [4.78, 5) is 29.5. The Morgan fingerprint density at radius 3 is 2.25 bits per heavy atom. The van der Waals surface area contributed by atoms with Gasteiger partial charge >= 0.3 is 0 Å². The van der Waals surface area contributed by atoms with E-state index in [0.29, 0.717) is 24.3 Å². The van der Waals surface area contributed by atoms with Gasteiger partial charge in [-0.3, -0.25) is 9.59 Å². The predicted octanol–water partition coefficient (Wildman–Crippen LogP) is 3.49. The van der Waals surface area contributed by atoms with Crippen LogP contribution in [0.5, 0.6) is 0 Å². The zero-order valence-electron chi connectivity index (χ0n) is 15.4. The van der Waals surface area contributed by atoms with Crippen LogP contribution in [0.4, 0.5) is 11.4 Å². The molecule has 1 N–H and O–H groups in total. The third-order valence-electron chi connectivity index (χ3n) is 4.84. The lowest BCUT2D eigenvalue weighted by molar-refractivity contribution is 0.0748. The summed E-state index contributed by atoms with van der Waals surface area (Å²) in [6.45, 7) is 2.82. The Kier molecular flexibility index (Phi) is 5.10. The van der Waals surface area contributed by atoms with E-state index in [-0.39, 0.29) is 17.6 Å². The van der Waals surface area contributed by atoms with Gasteiger partial charge in [0.05, 0.1) is 17.5 Å². The molecule has 6 heteroatoms. The van der Waals surface area contributed by atoms with E-state index in [4.69, 9.17) is 4.42 Å². The lowest BCUT2D eigenvalue weighted by Gasteiger charge is -2.36. The highest BCUT2D eigenvalue weighted by Gasteiger charge is 2.24. The summed E-state index contributed by atoms with van der Waals surface area (Å²) >= 11 is 0. The van der Waals surface area contributed by atoms with E-state index in [0.717, 1.165) is 13.1 Å². The highest BCUT2D eigenvalue weighted by Crippen LogP contribution is 2.21. The SMILES string of the molecule is O=C(Nc1ccccc1C(=O)N1CCN(c2ccccc2)CC1)c1ccco1. The number of carbonyl (C=O) groups excluding carboxylic acids is 2. The molecule has 1 fully saturated rings. The van der Waals surface area contributed by atoms with Crippen molar-refractivity contribution in [2.45, 2.75) is 0 Å². The highest BCUT2D eigenvalue weighted by atomic mass is 16.3. The van der Waals surface area contributed by atoms with Crippen LogP contribution in [-0.4, -0.2) is 42.9 Å². The zero-order valence-corrected chi connectivity index (χ0v) is 15.4. The molecule has 142 valence electrons. The van der Waals surface area contributed by atoms with Crippen LogP contribution < -0.4 is 10.2 Å². The topological polar surface area (TPSA) is 65.8 Å². The fraction of sp³-hybridized carbons (Fsp3) is 0.182. The van der Waals surface area contributed by atoms with Gasteiger partial charge in [0.2, 0.25) is 0 Å². The molecule has 4 rings (SSSR count). The molecule has 3 aromatic rings. The summed E-state index contributed by atoms with van der Waals surface area (Å²) in [5, 5.41) is 2.78. The van der Waals surface area contributed by atoms with Crippen molar-refractivity contribution in [1.29, 1.82) is 0 Å². The van der Waals surface area contributed by atoms with Crippen LogP contribution >= 0.6 is 0 Å². The van der Waals surface area contributed by atoms with E-state index >= 15 is 0 Å². The number of rotatable bonds is 4. The molecule has 2 amide bonds. The Bertz CT molecular complexity index is 946. The Hall–Kier alpha value is -3.54. The second kappa shape index (κ2) is 8.00. The normalized spacial score (nSPS) is 14.0. The standard InChI is InChI=1S/C22H21N3O3/c26-21(20-11-6-16-28-20)23-19-10-5-4-9-18(19)22(27)25-14-12-24(13-15-25)17-7-2-1-3-8-17/h1-11,16H,12-15H2,(H,23,26). The Balaban J connectivity index is 1.45. The van der Waals surface area contributed by atoms with E-state index in [1.165, 1.54) is 12.0 Å².